The lowest BCUT2D eigenvalue weighted by Crippen LogP contribution is -1.93. The third-order valence-corrected chi connectivity index (χ3v) is 3.72. The molecule has 0 fully saturated rings. The molecule has 1 N–H and O–H groups in total. The Morgan fingerprint density at radius 2 is 1.38 bits per heavy atom. The van der Waals surface area contributed by atoms with Crippen molar-refractivity contribution in [3.8, 4) is 0 Å². The third-order valence-electron chi connectivity index (χ3n) is 1.78. The van der Waals surface area contributed by atoms with Gasteiger partial charge in [-0.15, -0.1) is 0 Å². The van der Waals surface area contributed by atoms with Crippen molar-refractivity contribution in [3.05, 3.63) is 31.2 Å². The van der Waals surface area contributed by atoms with E-state index in [1.54, 1.807) is 6.92 Å². The first-order valence-electron chi connectivity index (χ1n) is 3.43. The van der Waals surface area contributed by atoms with Crippen molar-refractivity contribution in [2.45, 2.75) is 13.5 Å². The normalized spacial score (nSPS) is 10.6. The zero-order chi connectivity index (χ0) is 10.2. The Morgan fingerprint density at radius 1 is 0.923 bits per heavy atom. The number of rotatable bonds is 1. The molecule has 0 aliphatic carbocycles. The summed E-state index contributed by atoms with van der Waals surface area (Å²) >= 11 is 23.3. The van der Waals surface area contributed by atoms with Crippen LogP contribution in [0.15, 0.2) is 0 Å². The van der Waals surface area contributed by atoms with Crippen LogP contribution in [0.25, 0.3) is 0 Å². The predicted octanol–water partition coefficient (Wildman–Crippen LogP) is 4.10. The maximum atomic E-state index is 8.99. The predicted molar refractivity (Wildman–Crippen MR) is 57.1 cm³/mol. The quantitative estimate of drug-likeness (QED) is 0.595. The highest BCUT2D eigenvalue weighted by molar-refractivity contribution is 6.52. The van der Waals surface area contributed by atoms with Crippen LogP contribution in [0.3, 0.4) is 0 Å². The van der Waals surface area contributed by atoms with E-state index < -0.39 is 0 Å². The van der Waals surface area contributed by atoms with Gasteiger partial charge in [0.1, 0.15) is 0 Å². The molecule has 0 spiro atoms. The average molecular weight is 260 g/mol. The van der Waals surface area contributed by atoms with Crippen molar-refractivity contribution < 1.29 is 5.11 Å². The molecule has 72 valence electrons. The molecule has 13 heavy (non-hydrogen) atoms. The summed E-state index contributed by atoms with van der Waals surface area (Å²) in [6, 6.07) is 0. The Balaban J connectivity index is 3.56. The number of halogens is 4. The lowest BCUT2D eigenvalue weighted by atomic mass is 10.1. The lowest BCUT2D eigenvalue weighted by Gasteiger charge is -2.11. The molecule has 1 rings (SSSR count). The summed E-state index contributed by atoms with van der Waals surface area (Å²) in [6.45, 7) is 1.52. The van der Waals surface area contributed by atoms with Gasteiger partial charge in [0, 0.05) is 5.56 Å². The van der Waals surface area contributed by atoms with Crippen LogP contribution in [0.1, 0.15) is 11.1 Å². The fraction of sp³-hybridized carbons (Fsp3) is 0.250. The molecule has 0 aliphatic heterocycles. The van der Waals surface area contributed by atoms with E-state index in [0.29, 0.717) is 16.1 Å². The second-order valence-corrected chi connectivity index (χ2v) is 4.03. The van der Waals surface area contributed by atoms with Gasteiger partial charge in [0.25, 0.3) is 0 Å². The van der Waals surface area contributed by atoms with Crippen LogP contribution >= 0.6 is 46.4 Å². The van der Waals surface area contributed by atoms with E-state index in [9.17, 15) is 0 Å². The van der Waals surface area contributed by atoms with Gasteiger partial charge in [-0.1, -0.05) is 46.4 Å². The molecule has 0 unspecified atom stereocenters. The smallest absolute Gasteiger partial charge is 0.0797 e. The highest BCUT2D eigenvalue weighted by Crippen LogP contribution is 2.40. The topological polar surface area (TPSA) is 20.2 Å². The van der Waals surface area contributed by atoms with Crippen LogP contribution < -0.4 is 0 Å². The molecule has 0 aromatic heterocycles. The van der Waals surface area contributed by atoms with Crippen LogP contribution in [0, 0.1) is 6.92 Å². The second-order valence-electron chi connectivity index (χ2n) is 2.52. The van der Waals surface area contributed by atoms with E-state index >= 15 is 0 Å². The summed E-state index contributed by atoms with van der Waals surface area (Å²) in [7, 11) is 0. The fourth-order valence-corrected chi connectivity index (χ4v) is 2.02. The number of aliphatic hydroxyl groups excluding tert-OH is 1. The summed E-state index contributed by atoms with van der Waals surface area (Å²) in [6.07, 6.45) is 0. The summed E-state index contributed by atoms with van der Waals surface area (Å²) < 4.78 is 0. The monoisotopic (exact) mass is 258 g/mol. The minimum Gasteiger partial charge on any atom is -0.392 e. The van der Waals surface area contributed by atoms with E-state index in [2.05, 4.69) is 0 Å². The third kappa shape index (κ3) is 1.90. The SMILES string of the molecule is Cc1c(Cl)c(Cl)c(Cl)c(Cl)c1CO. The van der Waals surface area contributed by atoms with Gasteiger partial charge in [0.15, 0.2) is 0 Å². The highest BCUT2D eigenvalue weighted by atomic mass is 35.5. The van der Waals surface area contributed by atoms with Crippen molar-refractivity contribution in [2.24, 2.45) is 0 Å². The largest absolute Gasteiger partial charge is 0.392 e. The lowest BCUT2D eigenvalue weighted by molar-refractivity contribution is 0.281. The average Bonchev–Trinajstić information content (AvgIpc) is 2.13. The standard InChI is InChI=1S/C8H6Cl4O/c1-3-4(2-13)6(10)8(12)7(11)5(3)9/h13H,2H2,1H3. The van der Waals surface area contributed by atoms with E-state index in [0.717, 1.165) is 0 Å². The fourth-order valence-electron chi connectivity index (χ4n) is 0.975. The Morgan fingerprint density at radius 3 is 1.85 bits per heavy atom. The maximum absolute atomic E-state index is 8.99. The number of hydrogen-bond acceptors (Lipinski definition) is 1. The highest BCUT2D eigenvalue weighted by Gasteiger charge is 2.16. The van der Waals surface area contributed by atoms with Gasteiger partial charge in [0.2, 0.25) is 0 Å². The molecule has 0 heterocycles. The molecule has 0 saturated heterocycles. The Hall–Kier alpha value is 0.340. The van der Waals surface area contributed by atoms with Gasteiger partial charge < -0.3 is 5.11 Å². The van der Waals surface area contributed by atoms with Crippen molar-refractivity contribution in [1.82, 2.24) is 0 Å². The zero-order valence-corrected chi connectivity index (χ0v) is 9.69. The molecule has 0 atom stereocenters. The molecular weight excluding hydrogens is 254 g/mol. The first-order valence-corrected chi connectivity index (χ1v) is 4.94. The van der Waals surface area contributed by atoms with E-state index in [1.807, 2.05) is 0 Å². The van der Waals surface area contributed by atoms with Crippen LogP contribution in [0.4, 0.5) is 0 Å². The van der Waals surface area contributed by atoms with Crippen molar-refractivity contribution in [1.29, 1.82) is 0 Å². The first-order chi connectivity index (χ1) is 6.00. The second kappa shape index (κ2) is 4.24. The van der Waals surface area contributed by atoms with Crippen LogP contribution in [0.2, 0.25) is 20.1 Å². The Kier molecular flexibility index (Phi) is 3.73. The Labute approximate surface area is 96.2 Å². The molecule has 0 aliphatic rings. The van der Waals surface area contributed by atoms with Crippen LogP contribution in [-0.2, 0) is 6.61 Å². The molecule has 1 nitrogen and oxygen atoms in total. The summed E-state index contributed by atoms with van der Waals surface area (Å²) in [5.41, 5.74) is 1.17. The molecular formula is C8H6Cl4O. The summed E-state index contributed by atoms with van der Waals surface area (Å²) in [5, 5.41) is 10.00. The zero-order valence-electron chi connectivity index (χ0n) is 6.67. The van der Waals surface area contributed by atoms with Gasteiger partial charge in [-0.2, -0.15) is 0 Å². The molecule has 5 heteroatoms. The number of hydrogen-bond donors (Lipinski definition) is 1. The van der Waals surface area contributed by atoms with Crippen molar-refractivity contribution >= 4 is 46.4 Å². The molecule has 1 aromatic rings. The van der Waals surface area contributed by atoms with E-state index in [1.165, 1.54) is 0 Å². The Bertz CT molecular complexity index is 319. The summed E-state index contributed by atoms with van der Waals surface area (Å²) in [4.78, 5) is 0. The van der Waals surface area contributed by atoms with Gasteiger partial charge in [-0.05, 0) is 12.5 Å². The van der Waals surface area contributed by atoms with Gasteiger partial charge >= 0.3 is 0 Å². The van der Waals surface area contributed by atoms with Crippen LogP contribution in [0.5, 0.6) is 0 Å². The summed E-state index contributed by atoms with van der Waals surface area (Å²) in [5.74, 6) is 0. The molecule has 0 radical (unpaired) electrons. The molecule has 1 aromatic carbocycles. The number of aliphatic hydroxyl groups is 1. The molecule has 0 bridgehead atoms. The number of benzene rings is 1. The minimum absolute atomic E-state index is 0.183. The van der Waals surface area contributed by atoms with Crippen molar-refractivity contribution in [3.63, 3.8) is 0 Å². The van der Waals surface area contributed by atoms with Gasteiger partial charge in [-0.25, -0.2) is 0 Å². The van der Waals surface area contributed by atoms with Gasteiger partial charge in [-0.3, -0.25) is 0 Å². The minimum atomic E-state index is -0.207. The van der Waals surface area contributed by atoms with E-state index in [-0.39, 0.29) is 21.7 Å². The molecule has 0 amide bonds. The van der Waals surface area contributed by atoms with E-state index in [4.69, 9.17) is 51.5 Å². The van der Waals surface area contributed by atoms with Crippen LogP contribution in [-0.4, -0.2) is 5.11 Å². The first kappa shape index (κ1) is 11.4. The van der Waals surface area contributed by atoms with Gasteiger partial charge in [0.05, 0.1) is 26.7 Å². The molecule has 0 saturated carbocycles. The van der Waals surface area contributed by atoms with Crippen molar-refractivity contribution in [2.75, 3.05) is 0 Å². The maximum Gasteiger partial charge on any atom is 0.0797 e.